The van der Waals surface area contributed by atoms with Gasteiger partial charge in [0.15, 0.2) is 0 Å². The predicted molar refractivity (Wildman–Crippen MR) is 52.4 cm³/mol. The van der Waals surface area contributed by atoms with Gasteiger partial charge in [0.1, 0.15) is 5.82 Å². The van der Waals surface area contributed by atoms with Crippen molar-refractivity contribution < 1.29 is 8.81 Å². The predicted octanol–water partition coefficient (Wildman–Crippen LogP) is 3.29. The van der Waals surface area contributed by atoms with Crippen molar-refractivity contribution in [1.29, 1.82) is 0 Å². The average molecular weight is 277 g/mol. The van der Waals surface area contributed by atoms with Crippen LogP contribution in [0.2, 0.25) is 5.35 Å². The minimum Gasteiger partial charge on any atom is -0.407 e. The van der Waals surface area contributed by atoms with Crippen molar-refractivity contribution in [1.82, 2.24) is 10.2 Å². The van der Waals surface area contributed by atoms with Crippen molar-refractivity contribution in [2.24, 2.45) is 0 Å². The molecule has 0 aliphatic heterocycles. The molecular weight excluding hydrogens is 274 g/mol. The van der Waals surface area contributed by atoms with Crippen LogP contribution < -0.4 is 0 Å². The largest absolute Gasteiger partial charge is 0.407 e. The summed E-state index contributed by atoms with van der Waals surface area (Å²) in [5.74, 6) is -0.373. The van der Waals surface area contributed by atoms with Crippen LogP contribution in [0.5, 0.6) is 0 Å². The molecule has 0 bridgehead atoms. The highest BCUT2D eigenvalue weighted by atomic mass is 79.9. The quantitative estimate of drug-likeness (QED) is 0.803. The summed E-state index contributed by atoms with van der Waals surface area (Å²) in [6.45, 7) is 0. The molecule has 0 radical (unpaired) electrons. The van der Waals surface area contributed by atoms with Gasteiger partial charge in [-0.2, -0.15) is 0 Å². The molecule has 0 fully saturated rings. The molecule has 0 aliphatic rings. The number of aromatic nitrogens is 2. The van der Waals surface area contributed by atoms with Gasteiger partial charge in [0.25, 0.3) is 5.89 Å². The molecule has 0 saturated carbocycles. The van der Waals surface area contributed by atoms with E-state index in [9.17, 15) is 4.39 Å². The van der Waals surface area contributed by atoms with Crippen LogP contribution in [0, 0.1) is 5.82 Å². The molecule has 0 amide bonds. The molecule has 0 aliphatic carbocycles. The lowest BCUT2D eigenvalue weighted by Crippen LogP contribution is -1.84. The molecule has 0 N–H and O–H groups in total. The highest BCUT2D eigenvalue weighted by Crippen LogP contribution is 2.25. The van der Waals surface area contributed by atoms with E-state index >= 15 is 0 Å². The fraction of sp³-hybridized carbons (Fsp3) is 0. The molecule has 72 valence electrons. The van der Waals surface area contributed by atoms with Crippen LogP contribution in [0.25, 0.3) is 11.5 Å². The first-order chi connectivity index (χ1) is 6.66. The van der Waals surface area contributed by atoms with E-state index in [0.29, 0.717) is 0 Å². The Morgan fingerprint density at radius 2 is 2.14 bits per heavy atom. The summed E-state index contributed by atoms with van der Waals surface area (Å²) in [5, 5.41) is 6.90. The second kappa shape index (κ2) is 3.67. The average Bonchev–Trinajstić information content (AvgIpc) is 2.56. The first kappa shape index (κ1) is 9.61. The molecule has 1 aromatic carbocycles. The lowest BCUT2D eigenvalue weighted by atomic mass is 10.2. The second-order valence-electron chi connectivity index (χ2n) is 2.48. The Balaban J connectivity index is 2.55. The third-order valence-corrected chi connectivity index (χ3v) is 2.21. The van der Waals surface area contributed by atoms with E-state index in [-0.39, 0.29) is 16.8 Å². The number of hydrogen-bond donors (Lipinski definition) is 0. The maximum atomic E-state index is 13.3. The smallest absolute Gasteiger partial charge is 0.313 e. The van der Waals surface area contributed by atoms with Gasteiger partial charge in [0.05, 0.1) is 5.56 Å². The summed E-state index contributed by atoms with van der Waals surface area (Å²) < 4.78 is 18.9. The van der Waals surface area contributed by atoms with Crippen LogP contribution in [0.1, 0.15) is 0 Å². The molecule has 1 aromatic heterocycles. The van der Waals surface area contributed by atoms with Crippen LogP contribution in [0.4, 0.5) is 4.39 Å². The number of benzene rings is 1. The highest BCUT2D eigenvalue weighted by molar-refractivity contribution is 9.10. The van der Waals surface area contributed by atoms with Gasteiger partial charge in [-0.15, -0.1) is 5.10 Å². The van der Waals surface area contributed by atoms with E-state index in [1.807, 2.05) is 0 Å². The molecule has 2 aromatic rings. The molecule has 0 saturated heterocycles. The summed E-state index contributed by atoms with van der Waals surface area (Å²) in [4.78, 5) is 0. The summed E-state index contributed by atoms with van der Waals surface area (Å²) in [5.41, 5.74) is 0.221. The van der Waals surface area contributed by atoms with Crippen LogP contribution in [-0.2, 0) is 0 Å². The molecule has 0 spiro atoms. The van der Waals surface area contributed by atoms with E-state index in [1.54, 1.807) is 12.1 Å². The third-order valence-electron chi connectivity index (χ3n) is 1.56. The number of nitrogens with zero attached hydrogens (tertiary/aromatic N) is 2. The van der Waals surface area contributed by atoms with Crippen molar-refractivity contribution in [3.05, 3.63) is 33.8 Å². The van der Waals surface area contributed by atoms with E-state index in [4.69, 9.17) is 16.0 Å². The van der Waals surface area contributed by atoms with Crippen molar-refractivity contribution in [2.75, 3.05) is 0 Å². The maximum Gasteiger partial charge on any atom is 0.313 e. The van der Waals surface area contributed by atoms with Gasteiger partial charge in [-0.3, -0.25) is 0 Å². The minimum atomic E-state index is -0.437. The lowest BCUT2D eigenvalue weighted by molar-refractivity contribution is 0.559. The van der Waals surface area contributed by atoms with Crippen LogP contribution in [-0.4, -0.2) is 10.2 Å². The Kier molecular flexibility index (Phi) is 2.52. The first-order valence-electron chi connectivity index (χ1n) is 3.61. The second-order valence-corrected chi connectivity index (χ2v) is 3.72. The number of rotatable bonds is 1. The van der Waals surface area contributed by atoms with Crippen LogP contribution in [0.3, 0.4) is 0 Å². The van der Waals surface area contributed by atoms with Gasteiger partial charge in [-0.1, -0.05) is 21.0 Å². The highest BCUT2D eigenvalue weighted by Gasteiger charge is 2.12. The molecule has 14 heavy (non-hydrogen) atoms. The SMILES string of the molecule is Fc1ccc(Br)cc1-c1nnc(Cl)o1. The summed E-state index contributed by atoms with van der Waals surface area (Å²) in [7, 11) is 0. The Labute approximate surface area is 92.0 Å². The van der Waals surface area contributed by atoms with Crippen molar-refractivity contribution >= 4 is 27.5 Å². The van der Waals surface area contributed by atoms with Crippen LogP contribution >= 0.6 is 27.5 Å². The Bertz CT molecular complexity index is 474. The summed E-state index contributed by atoms with van der Waals surface area (Å²) >= 11 is 8.64. The van der Waals surface area contributed by atoms with Gasteiger partial charge in [0, 0.05) is 4.47 Å². The minimum absolute atomic E-state index is 0.0637. The van der Waals surface area contributed by atoms with Crippen LogP contribution in [0.15, 0.2) is 27.1 Å². The Morgan fingerprint density at radius 1 is 1.36 bits per heavy atom. The molecule has 3 nitrogen and oxygen atoms in total. The fourth-order valence-electron chi connectivity index (χ4n) is 0.976. The van der Waals surface area contributed by atoms with E-state index in [2.05, 4.69) is 26.1 Å². The lowest BCUT2D eigenvalue weighted by Gasteiger charge is -1.97. The topological polar surface area (TPSA) is 38.9 Å². The van der Waals surface area contributed by atoms with Crippen molar-refractivity contribution in [3.63, 3.8) is 0 Å². The first-order valence-corrected chi connectivity index (χ1v) is 4.78. The normalized spacial score (nSPS) is 10.5. The van der Waals surface area contributed by atoms with E-state index in [1.165, 1.54) is 6.07 Å². The zero-order valence-electron chi connectivity index (χ0n) is 6.67. The van der Waals surface area contributed by atoms with E-state index < -0.39 is 5.82 Å². The van der Waals surface area contributed by atoms with Gasteiger partial charge < -0.3 is 4.42 Å². The van der Waals surface area contributed by atoms with Crippen molar-refractivity contribution in [3.8, 4) is 11.5 Å². The fourth-order valence-corrected chi connectivity index (χ4v) is 1.45. The third kappa shape index (κ3) is 1.78. The van der Waals surface area contributed by atoms with Gasteiger partial charge in [0.2, 0.25) is 0 Å². The van der Waals surface area contributed by atoms with Gasteiger partial charge in [-0.25, -0.2) is 4.39 Å². The maximum absolute atomic E-state index is 13.3. The Hall–Kier alpha value is -0.940. The monoisotopic (exact) mass is 276 g/mol. The number of halogens is 3. The Morgan fingerprint density at radius 3 is 2.79 bits per heavy atom. The molecule has 6 heteroatoms. The summed E-state index contributed by atoms with van der Waals surface area (Å²) in [6, 6.07) is 4.42. The zero-order chi connectivity index (χ0) is 10.1. The zero-order valence-corrected chi connectivity index (χ0v) is 9.01. The molecule has 0 unspecified atom stereocenters. The molecule has 0 atom stereocenters. The summed E-state index contributed by atoms with van der Waals surface area (Å²) in [6.07, 6.45) is 0. The molecule has 2 rings (SSSR count). The van der Waals surface area contributed by atoms with Gasteiger partial charge >= 0.3 is 5.35 Å². The van der Waals surface area contributed by atoms with E-state index in [0.717, 1.165) is 4.47 Å². The standard InChI is InChI=1S/C8H3BrClFN2O/c9-4-1-2-6(11)5(3-4)7-12-13-8(10)14-7/h1-3H. The molecule has 1 heterocycles. The van der Waals surface area contributed by atoms with Gasteiger partial charge in [-0.05, 0) is 29.8 Å². The molecular formula is C8H3BrClFN2O. The number of hydrogen-bond acceptors (Lipinski definition) is 3. The van der Waals surface area contributed by atoms with Crippen molar-refractivity contribution in [2.45, 2.75) is 0 Å².